The number of hydrogen-bond donors (Lipinski definition) is 0. The Labute approximate surface area is 245 Å². The maximum atomic E-state index is 13.6. The molecule has 0 unspecified atom stereocenters. The molecule has 2 aliphatic heterocycles. The minimum absolute atomic E-state index is 0.314. The first kappa shape index (κ1) is 29.2. The minimum atomic E-state index is -3.26. The molecule has 0 radical (unpaired) electrons. The van der Waals surface area contributed by atoms with Crippen LogP contribution in [0.5, 0.6) is 23.0 Å². The number of benzene rings is 3. The molecule has 0 saturated heterocycles. The molecule has 0 aliphatic carbocycles. The van der Waals surface area contributed by atoms with Crippen molar-refractivity contribution in [3.8, 4) is 23.0 Å². The van der Waals surface area contributed by atoms with Crippen molar-refractivity contribution >= 4 is 76.2 Å². The summed E-state index contributed by atoms with van der Waals surface area (Å²) in [6.07, 6.45) is 0. The lowest BCUT2D eigenvalue weighted by atomic mass is 9.92. The van der Waals surface area contributed by atoms with Crippen molar-refractivity contribution in [2.75, 3.05) is 41.7 Å². The number of thioether (sulfide) groups is 4. The molecule has 7 nitrogen and oxygen atoms in total. The normalized spacial score (nSPS) is 16.2. The van der Waals surface area contributed by atoms with Gasteiger partial charge < -0.3 is 28.0 Å². The highest BCUT2D eigenvalue weighted by atomic mass is 32.3. The molecule has 0 bridgehead atoms. The predicted molar refractivity (Wildman–Crippen MR) is 167 cm³/mol. The van der Waals surface area contributed by atoms with Gasteiger partial charge in [0.15, 0.2) is 27.3 Å². The van der Waals surface area contributed by atoms with Crippen molar-refractivity contribution in [1.82, 2.24) is 0 Å². The van der Waals surface area contributed by atoms with E-state index in [9.17, 15) is 4.57 Å². The van der Waals surface area contributed by atoms with E-state index >= 15 is 0 Å². The van der Waals surface area contributed by atoms with E-state index in [4.69, 9.17) is 28.0 Å². The van der Waals surface area contributed by atoms with Gasteiger partial charge in [-0.25, -0.2) is 0 Å². The lowest BCUT2D eigenvalue weighted by molar-refractivity contribution is 0.223. The van der Waals surface area contributed by atoms with Crippen molar-refractivity contribution in [3.05, 3.63) is 43.9 Å². The molecule has 0 saturated carbocycles. The Morgan fingerprint density at radius 3 is 1.36 bits per heavy atom. The molecule has 12 heteroatoms. The van der Waals surface area contributed by atoms with Gasteiger partial charge >= 0.3 is 7.60 Å². The average Bonchev–Trinajstić information content (AvgIpc) is 3.35. The molecule has 3 aromatic carbocycles. The zero-order valence-corrected chi connectivity index (χ0v) is 26.8. The number of hydrogen-bond acceptors (Lipinski definition) is 11. The molecule has 0 atom stereocenters. The van der Waals surface area contributed by atoms with Crippen LogP contribution in [0.3, 0.4) is 0 Å². The summed E-state index contributed by atoms with van der Waals surface area (Å²) < 4.78 is 49.7. The van der Waals surface area contributed by atoms with Crippen LogP contribution < -0.4 is 18.9 Å². The van der Waals surface area contributed by atoms with Crippen molar-refractivity contribution in [2.45, 2.75) is 29.7 Å². The van der Waals surface area contributed by atoms with E-state index in [2.05, 4.69) is 12.1 Å². The molecule has 2 heterocycles. The highest BCUT2D eigenvalue weighted by Gasteiger charge is 2.43. The van der Waals surface area contributed by atoms with Crippen LogP contribution in [0.15, 0.2) is 32.7 Å². The first-order valence-corrected chi connectivity index (χ1v) is 17.7. The van der Waals surface area contributed by atoms with Gasteiger partial charge in [-0.1, -0.05) is 23.5 Å². The molecule has 0 fully saturated rings. The second-order valence-corrected chi connectivity index (χ2v) is 16.4. The number of methoxy groups -OCH3 is 4. The molecule has 2 aliphatic rings. The second-order valence-electron chi connectivity index (χ2n) is 8.53. The molecule has 5 rings (SSSR count). The van der Waals surface area contributed by atoms with E-state index in [1.165, 1.54) is 19.6 Å². The van der Waals surface area contributed by atoms with Crippen molar-refractivity contribution in [3.63, 3.8) is 0 Å². The molecule has 0 aromatic heterocycles. The summed E-state index contributed by atoms with van der Waals surface area (Å²) in [6, 6.07) is 8.23. The molecule has 39 heavy (non-hydrogen) atoms. The third-order valence-electron chi connectivity index (χ3n) is 6.51. The van der Waals surface area contributed by atoms with Crippen LogP contribution in [0, 0.1) is 0 Å². The summed E-state index contributed by atoms with van der Waals surface area (Å²) in [5, 5.41) is 4.35. The van der Waals surface area contributed by atoms with Crippen LogP contribution in [0.4, 0.5) is 0 Å². The zero-order chi connectivity index (χ0) is 27.7. The fourth-order valence-electron chi connectivity index (χ4n) is 4.77. The molecule has 0 spiro atoms. The fraction of sp³-hybridized carbons (Fsp3) is 0.407. The molecule has 0 amide bonds. The summed E-state index contributed by atoms with van der Waals surface area (Å²) in [4.78, 5) is 0. The Bertz CT molecular complexity index is 1390. The number of ether oxygens (including phenoxy) is 4. The van der Waals surface area contributed by atoms with Gasteiger partial charge in [-0.2, -0.15) is 0 Å². The van der Waals surface area contributed by atoms with Gasteiger partial charge in [0.2, 0.25) is 0 Å². The maximum absolute atomic E-state index is 13.6. The van der Waals surface area contributed by atoms with E-state index < -0.39 is 7.60 Å². The summed E-state index contributed by atoms with van der Waals surface area (Å²) >= 11 is 6.75. The van der Waals surface area contributed by atoms with Gasteiger partial charge in [-0.3, -0.25) is 4.57 Å². The third-order valence-corrected chi connectivity index (χ3v) is 15.9. The monoisotopic (exact) mass is 626 g/mol. The number of fused-ring (bicyclic) bond motifs is 6. The van der Waals surface area contributed by atoms with Gasteiger partial charge in [-0.15, -0.1) is 23.5 Å². The lowest BCUT2D eigenvalue weighted by Crippen LogP contribution is -2.04. The first-order chi connectivity index (χ1) is 18.9. The quantitative estimate of drug-likeness (QED) is 0.169. The summed E-state index contributed by atoms with van der Waals surface area (Å²) in [5.41, 5.74) is 2.48. The van der Waals surface area contributed by atoms with E-state index in [1.54, 1.807) is 75.5 Å². The first-order valence-electron chi connectivity index (χ1n) is 12.4. The Kier molecular flexibility index (Phi) is 9.18. The zero-order valence-electron chi connectivity index (χ0n) is 22.7. The topological polar surface area (TPSA) is 72.5 Å². The fourth-order valence-corrected chi connectivity index (χ4v) is 14.5. The van der Waals surface area contributed by atoms with Gasteiger partial charge in [0, 0.05) is 11.5 Å². The van der Waals surface area contributed by atoms with Crippen LogP contribution in [-0.4, -0.2) is 46.0 Å². The van der Waals surface area contributed by atoms with Crippen LogP contribution in [-0.2, 0) is 25.1 Å². The SMILES string of the molecule is CCOP(=O)(OCC)C1SC2=C(SCc3c(c4cc(OC)c(OC)cc4c4cc(OC)c(OC)cc34)CS2)S1. The highest BCUT2D eigenvalue weighted by molar-refractivity contribution is 8.40. The number of rotatable bonds is 9. The van der Waals surface area contributed by atoms with E-state index in [0.29, 0.717) is 36.2 Å². The van der Waals surface area contributed by atoms with Crippen LogP contribution in [0.1, 0.15) is 25.0 Å². The molecule has 0 N–H and O–H groups in total. The van der Waals surface area contributed by atoms with Crippen molar-refractivity contribution in [2.24, 2.45) is 0 Å². The van der Waals surface area contributed by atoms with E-state index in [0.717, 1.165) is 33.1 Å². The predicted octanol–water partition coefficient (Wildman–Crippen LogP) is 8.66. The molecule has 210 valence electrons. The van der Waals surface area contributed by atoms with Crippen molar-refractivity contribution < 1.29 is 32.6 Å². The van der Waals surface area contributed by atoms with Gasteiger partial charge in [0.05, 0.1) is 50.1 Å². The maximum Gasteiger partial charge on any atom is 0.354 e. The Morgan fingerprint density at radius 2 is 1.03 bits per heavy atom. The van der Waals surface area contributed by atoms with Crippen molar-refractivity contribution in [1.29, 1.82) is 0 Å². The Balaban J connectivity index is 1.64. The van der Waals surface area contributed by atoms with Crippen LogP contribution in [0.2, 0.25) is 0 Å². The summed E-state index contributed by atoms with van der Waals surface area (Å²) in [5.74, 6) is 4.22. The Hall–Kier alpha value is -1.33. The van der Waals surface area contributed by atoms with Gasteiger partial charge in [-0.05, 0) is 70.8 Å². The smallest absolute Gasteiger partial charge is 0.354 e. The van der Waals surface area contributed by atoms with Crippen LogP contribution >= 0.6 is 54.6 Å². The third kappa shape index (κ3) is 5.36. The average molecular weight is 627 g/mol. The minimum Gasteiger partial charge on any atom is -0.493 e. The van der Waals surface area contributed by atoms with E-state index in [1.807, 2.05) is 26.0 Å². The van der Waals surface area contributed by atoms with Crippen LogP contribution in [0.25, 0.3) is 21.5 Å². The molecular formula is C27H31O7PS4. The highest BCUT2D eigenvalue weighted by Crippen LogP contribution is 2.71. The van der Waals surface area contributed by atoms with Gasteiger partial charge in [0.1, 0.15) is 0 Å². The molecular weight excluding hydrogens is 596 g/mol. The summed E-state index contributed by atoms with van der Waals surface area (Å²) in [6.45, 7) is 4.39. The Morgan fingerprint density at radius 1 is 0.667 bits per heavy atom. The molecule has 3 aromatic rings. The van der Waals surface area contributed by atoms with Gasteiger partial charge in [0.25, 0.3) is 0 Å². The second kappa shape index (κ2) is 12.3. The standard InChI is InChI=1S/C27H31O7PS4/c1-7-33-35(28,34-8-2)27-38-25-26(39-27)37-14-20-18-12-24(32-6)22(30-4)10-16(18)15-9-21(29-3)23(31-5)11-17(15)19(20)13-36-25/h9-12,27H,7-8,13-14H2,1-6H3. The largest absolute Gasteiger partial charge is 0.493 e. The summed E-state index contributed by atoms with van der Waals surface area (Å²) in [7, 11) is 3.36. The van der Waals surface area contributed by atoms with E-state index in [-0.39, 0.29) is 4.32 Å². The lowest BCUT2D eigenvalue weighted by Gasteiger charge is -2.22.